The van der Waals surface area contributed by atoms with Gasteiger partial charge in [-0.25, -0.2) is 9.78 Å². The summed E-state index contributed by atoms with van der Waals surface area (Å²) < 4.78 is 11.8. The van der Waals surface area contributed by atoms with Gasteiger partial charge in [0.15, 0.2) is 6.04 Å². The summed E-state index contributed by atoms with van der Waals surface area (Å²) in [5.74, 6) is 0.859. The Morgan fingerprint density at radius 3 is 2.71 bits per heavy atom. The number of rotatable bonds is 7. The van der Waals surface area contributed by atoms with Crippen molar-refractivity contribution in [1.82, 2.24) is 4.98 Å². The Morgan fingerprint density at radius 1 is 1.21 bits per heavy atom. The number of aliphatic imine (C=N–C) groups is 1. The number of aliphatic carboxylic acids is 1. The highest BCUT2D eigenvalue weighted by molar-refractivity contribution is 8.15. The number of thiazole rings is 1. The van der Waals surface area contributed by atoms with E-state index in [-0.39, 0.29) is 7.69 Å². The van der Waals surface area contributed by atoms with Gasteiger partial charge in [0.05, 0.1) is 10.2 Å². The van der Waals surface area contributed by atoms with Crippen LogP contribution in [0.15, 0.2) is 47.5 Å². The summed E-state index contributed by atoms with van der Waals surface area (Å²) in [6, 6.07) is 12.3. The summed E-state index contributed by atoms with van der Waals surface area (Å²) in [6.07, 6.45) is 0. The molecule has 10 heteroatoms. The molecule has 3 aromatic rings. The molecule has 2 aromatic carbocycles. The van der Waals surface area contributed by atoms with Crippen LogP contribution in [0.1, 0.15) is 10.6 Å². The van der Waals surface area contributed by atoms with Gasteiger partial charge in [-0.1, -0.05) is 12.1 Å². The Bertz CT molecular complexity index is 1040. The summed E-state index contributed by atoms with van der Waals surface area (Å²) in [7, 11) is -0.353. The molecular weight excluding hydrogens is 399 g/mol. The smallest absolute Gasteiger partial charge is 0.504 e. The average molecular weight is 414 g/mol. The third-order valence-electron chi connectivity index (χ3n) is 4.04. The van der Waals surface area contributed by atoms with E-state index in [1.807, 2.05) is 30.3 Å². The van der Waals surface area contributed by atoms with Crippen LogP contribution >= 0.6 is 23.1 Å². The molecule has 2 N–H and O–H groups in total. The molecule has 1 atom stereocenters. The molecule has 28 heavy (non-hydrogen) atoms. The number of hydrogen-bond donors (Lipinski definition) is 2. The van der Waals surface area contributed by atoms with E-state index in [0.717, 1.165) is 26.5 Å². The highest BCUT2D eigenvalue weighted by Gasteiger charge is 2.26. The van der Waals surface area contributed by atoms with Crippen molar-refractivity contribution < 1.29 is 24.3 Å². The SMILES string of the molecule is O=C(O)C1CSC(c2nc3ccc(OCc4ccc(OBO)cc4)cc3s2)=N1. The van der Waals surface area contributed by atoms with Crippen LogP contribution in [0.25, 0.3) is 10.2 Å². The minimum absolute atomic E-state index is 0.353. The summed E-state index contributed by atoms with van der Waals surface area (Å²) in [5, 5.41) is 19.2. The normalized spacial score (nSPS) is 16.0. The second-order valence-electron chi connectivity index (χ2n) is 5.95. The van der Waals surface area contributed by atoms with Gasteiger partial charge >= 0.3 is 13.7 Å². The standard InChI is InChI=1S/C18H15BN2O5S2/c22-18(23)14-9-27-16(21-14)17-20-13-6-5-12(7-15(13)28-17)25-8-10-1-3-11(4-2-10)26-19-24/h1-7,14,19,24H,8-9H2,(H,22,23). The lowest BCUT2D eigenvalue weighted by Gasteiger charge is -2.07. The number of thioether (sulfide) groups is 1. The molecular formula is C18H15BN2O5S2. The maximum absolute atomic E-state index is 11.1. The lowest BCUT2D eigenvalue weighted by atomic mass is 10.2. The van der Waals surface area contributed by atoms with Crippen molar-refractivity contribution in [1.29, 1.82) is 0 Å². The van der Waals surface area contributed by atoms with Crippen LogP contribution in [0, 0.1) is 0 Å². The van der Waals surface area contributed by atoms with Gasteiger partial charge in [0.1, 0.15) is 28.2 Å². The van der Waals surface area contributed by atoms with E-state index in [0.29, 0.717) is 23.2 Å². The average Bonchev–Trinajstić information content (AvgIpc) is 3.34. The maximum atomic E-state index is 11.1. The number of nitrogens with zero attached hydrogens (tertiary/aromatic N) is 2. The number of aromatic nitrogens is 1. The van der Waals surface area contributed by atoms with Gasteiger partial charge in [-0.3, -0.25) is 4.99 Å². The fraction of sp³-hybridized carbons (Fsp3) is 0.167. The molecule has 0 saturated carbocycles. The Balaban J connectivity index is 1.46. The van der Waals surface area contributed by atoms with Crippen molar-refractivity contribution in [3.63, 3.8) is 0 Å². The Morgan fingerprint density at radius 2 is 2.00 bits per heavy atom. The minimum Gasteiger partial charge on any atom is -0.539 e. The van der Waals surface area contributed by atoms with E-state index in [1.54, 1.807) is 12.1 Å². The van der Waals surface area contributed by atoms with Gasteiger partial charge in [-0.15, -0.1) is 23.1 Å². The van der Waals surface area contributed by atoms with Gasteiger partial charge in [0.2, 0.25) is 0 Å². The monoisotopic (exact) mass is 414 g/mol. The number of carboxylic acids is 1. The Labute approximate surface area is 169 Å². The number of carboxylic acid groups (broad SMARTS) is 1. The summed E-state index contributed by atoms with van der Waals surface area (Å²) >= 11 is 2.90. The molecule has 7 nitrogen and oxygen atoms in total. The summed E-state index contributed by atoms with van der Waals surface area (Å²) in [5.41, 5.74) is 1.81. The van der Waals surface area contributed by atoms with E-state index in [2.05, 4.69) is 9.98 Å². The third-order valence-corrected chi connectivity index (χ3v) is 6.25. The van der Waals surface area contributed by atoms with Crippen molar-refractivity contribution in [3.8, 4) is 11.5 Å². The zero-order chi connectivity index (χ0) is 19.5. The van der Waals surface area contributed by atoms with E-state index >= 15 is 0 Å². The first-order chi connectivity index (χ1) is 13.6. The fourth-order valence-electron chi connectivity index (χ4n) is 2.63. The number of ether oxygens (including phenoxy) is 1. The zero-order valence-electron chi connectivity index (χ0n) is 14.6. The summed E-state index contributed by atoms with van der Waals surface area (Å²) in [6.45, 7) is 0.402. The van der Waals surface area contributed by atoms with Crippen molar-refractivity contribution in [2.24, 2.45) is 4.99 Å². The second kappa shape index (κ2) is 8.21. The zero-order valence-corrected chi connectivity index (χ0v) is 16.2. The largest absolute Gasteiger partial charge is 0.539 e. The van der Waals surface area contributed by atoms with Crippen LogP contribution in [0.2, 0.25) is 0 Å². The minimum atomic E-state index is -0.907. The predicted octanol–water partition coefficient (Wildman–Crippen LogP) is 2.46. The molecule has 0 radical (unpaired) electrons. The van der Waals surface area contributed by atoms with Crippen molar-refractivity contribution >= 4 is 52.0 Å². The van der Waals surface area contributed by atoms with Gasteiger partial charge < -0.3 is 19.5 Å². The van der Waals surface area contributed by atoms with Crippen LogP contribution in [-0.4, -0.2) is 45.6 Å². The Kier molecular flexibility index (Phi) is 5.51. The van der Waals surface area contributed by atoms with Gasteiger partial charge in [-0.05, 0) is 35.9 Å². The number of carbonyl (C=O) groups is 1. The first-order valence-electron chi connectivity index (χ1n) is 8.42. The number of fused-ring (bicyclic) bond motifs is 1. The van der Waals surface area contributed by atoms with E-state index in [1.165, 1.54) is 23.1 Å². The van der Waals surface area contributed by atoms with Crippen LogP contribution < -0.4 is 9.39 Å². The molecule has 0 fully saturated rings. The maximum Gasteiger partial charge on any atom is 0.504 e. The lowest BCUT2D eigenvalue weighted by molar-refractivity contribution is -0.137. The van der Waals surface area contributed by atoms with Crippen LogP contribution in [0.3, 0.4) is 0 Å². The molecule has 0 amide bonds. The molecule has 0 saturated heterocycles. The van der Waals surface area contributed by atoms with Crippen LogP contribution in [0.4, 0.5) is 0 Å². The molecule has 1 aliphatic rings. The Hall–Kier alpha value is -2.56. The molecule has 0 aliphatic carbocycles. The molecule has 1 aliphatic heterocycles. The molecule has 1 aromatic heterocycles. The van der Waals surface area contributed by atoms with Crippen LogP contribution in [-0.2, 0) is 11.4 Å². The third kappa shape index (κ3) is 4.13. The van der Waals surface area contributed by atoms with Crippen molar-refractivity contribution in [2.45, 2.75) is 12.6 Å². The lowest BCUT2D eigenvalue weighted by Crippen LogP contribution is -2.17. The van der Waals surface area contributed by atoms with Crippen molar-refractivity contribution in [2.75, 3.05) is 5.75 Å². The first-order valence-corrected chi connectivity index (χ1v) is 10.2. The fourth-order valence-corrected chi connectivity index (χ4v) is 4.72. The molecule has 0 spiro atoms. The van der Waals surface area contributed by atoms with E-state index in [4.69, 9.17) is 19.5 Å². The molecule has 4 rings (SSSR count). The highest BCUT2D eigenvalue weighted by atomic mass is 32.2. The molecule has 142 valence electrons. The second-order valence-corrected chi connectivity index (χ2v) is 7.99. The predicted molar refractivity (Wildman–Crippen MR) is 111 cm³/mol. The van der Waals surface area contributed by atoms with Gasteiger partial charge in [0.25, 0.3) is 0 Å². The number of hydrogen-bond acceptors (Lipinski definition) is 8. The van der Waals surface area contributed by atoms with Crippen molar-refractivity contribution in [3.05, 3.63) is 53.0 Å². The molecule has 1 unspecified atom stereocenters. The van der Waals surface area contributed by atoms with E-state index in [9.17, 15) is 4.79 Å². The quantitative estimate of drug-likeness (QED) is 0.573. The molecule has 2 heterocycles. The van der Waals surface area contributed by atoms with Crippen LogP contribution in [0.5, 0.6) is 11.5 Å². The van der Waals surface area contributed by atoms with E-state index < -0.39 is 12.0 Å². The topological polar surface area (TPSA) is 101 Å². The van der Waals surface area contributed by atoms with Gasteiger partial charge in [0, 0.05) is 5.75 Å². The molecule has 0 bridgehead atoms. The van der Waals surface area contributed by atoms with Gasteiger partial charge in [-0.2, -0.15) is 0 Å². The number of benzene rings is 2. The highest BCUT2D eigenvalue weighted by Crippen LogP contribution is 2.31. The summed E-state index contributed by atoms with van der Waals surface area (Å²) in [4.78, 5) is 19.9. The first kappa shape index (κ1) is 18.8.